The first-order valence-corrected chi connectivity index (χ1v) is 10.2. The molecular weight excluding hydrogens is 366 g/mol. The highest BCUT2D eigenvalue weighted by Crippen LogP contribution is 2.27. The second kappa shape index (κ2) is 7.23. The number of thiophene rings is 1. The highest BCUT2D eigenvalue weighted by atomic mass is 32.2. The van der Waals surface area contributed by atoms with Gasteiger partial charge < -0.3 is 10.3 Å². The molecule has 3 aromatic rings. The Hall–Kier alpha value is -2.77. The summed E-state index contributed by atoms with van der Waals surface area (Å²) in [6.07, 6.45) is 3.31. The Balaban J connectivity index is 1.67. The summed E-state index contributed by atoms with van der Waals surface area (Å²) < 4.78 is 6.93. The van der Waals surface area contributed by atoms with Crippen molar-refractivity contribution in [2.45, 2.75) is 5.75 Å². The minimum absolute atomic E-state index is 0.169. The van der Waals surface area contributed by atoms with E-state index in [1.807, 2.05) is 29.7 Å². The number of hydrogen-bond acceptors (Lipinski definition) is 4. The Labute approximate surface area is 155 Å². The van der Waals surface area contributed by atoms with Gasteiger partial charge in [-0.1, -0.05) is 41.0 Å². The lowest BCUT2D eigenvalue weighted by Gasteiger charge is -2.10. The van der Waals surface area contributed by atoms with Gasteiger partial charge in [0.25, 0.3) is 5.91 Å². The third-order valence-electron chi connectivity index (χ3n) is 3.79. The van der Waals surface area contributed by atoms with E-state index in [4.69, 9.17) is 4.40 Å². The maximum Gasteiger partial charge on any atom is 0.276 e. The zero-order chi connectivity index (χ0) is 17.9. The largest absolute Gasteiger partial charge is 0.348 e. The molecule has 3 heterocycles. The van der Waals surface area contributed by atoms with Gasteiger partial charge in [0.1, 0.15) is 11.5 Å². The third-order valence-corrected chi connectivity index (χ3v) is 6.67. The standard InChI is InChI=1S/C19H15N3O2S2/c23-14-6-8-20-18(10-14)21-19(24)15-11-16-17(7-9-25-16)26(22-15)12-13-4-2-1-3-5-13/h1-11H,12H2,(H2,20,21,23,24). The molecule has 2 N–H and O–H groups in total. The average Bonchev–Trinajstić information content (AvgIpc) is 3.11. The van der Waals surface area contributed by atoms with Crippen LogP contribution in [0, 0.1) is 4.51 Å². The van der Waals surface area contributed by atoms with Crippen LogP contribution in [-0.4, -0.2) is 16.6 Å². The first kappa shape index (κ1) is 16.7. The van der Waals surface area contributed by atoms with E-state index in [1.165, 1.54) is 28.4 Å². The highest BCUT2D eigenvalue weighted by molar-refractivity contribution is 8.07. The van der Waals surface area contributed by atoms with Gasteiger partial charge in [0.2, 0.25) is 0 Å². The number of benzene rings is 1. The summed E-state index contributed by atoms with van der Waals surface area (Å²) in [5.41, 5.74) is 1.40. The Morgan fingerprint density at radius 1 is 1.19 bits per heavy atom. The number of carbonyl (C=O) groups is 1. The zero-order valence-corrected chi connectivity index (χ0v) is 15.3. The van der Waals surface area contributed by atoms with Gasteiger partial charge >= 0.3 is 0 Å². The van der Waals surface area contributed by atoms with E-state index < -0.39 is 10.7 Å². The minimum atomic E-state index is -0.418. The molecule has 1 aliphatic rings. The van der Waals surface area contributed by atoms with Gasteiger partial charge in [-0.3, -0.25) is 9.59 Å². The molecule has 0 fully saturated rings. The number of H-pyrrole nitrogens is 1. The quantitative estimate of drug-likeness (QED) is 0.682. The molecule has 1 amide bonds. The number of anilines is 1. The van der Waals surface area contributed by atoms with Crippen LogP contribution in [0.1, 0.15) is 5.56 Å². The molecule has 1 unspecified atom stereocenters. The molecule has 0 saturated heterocycles. The van der Waals surface area contributed by atoms with E-state index >= 15 is 0 Å². The Bertz CT molecular complexity index is 1180. The van der Waals surface area contributed by atoms with E-state index in [-0.39, 0.29) is 11.3 Å². The maximum absolute atomic E-state index is 12.6. The summed E-state index contributed by atoms with van der Waals surface area (Å²) in [4.78, 5) is 26.9. The lowest BCUT2D eigenvalue weighted by Crippen LogP contribution is -2.24. The van der Waals surface area contributed by atoms with E-state index in [2.05, 4.69) is 28.5 Å². The molecule has 0 radical (unpaired) electrons. The van der Waals surface area contributed by atoms with E-state index in [0.29, 0.717) is 11.5 Å². The fourth-order valence-electron chi connectivity index (χ4n) is 2.58. The molecule has 0 bridgehead atoms. The van der Waals surface area contributed by atoms with Crippen LogP contribution in [0.4, 0.5) is 5.82 Å². The van der Waals surface area contributed by atoms with Crippen LogP contribution in [0.25, 0.3) is 6.08 Å². The predicted octanol–water partition coefficient (Wildman–Crippen LogP) is 2.95. The van der Waals surface area contributed by atoms with Crippen LogP contribution >= 0.6 is 22.0 Å². The second-order valence-corrected chi connectivity index (χ2v) is 8.25. The van der Waals surface area contributed by atoms with Crippen molar-refractivity contribution in [2.75, 3.05) is 5.32 Å². The number of aromatic nitrogens is 1. The molecule has 1 aliphatic heterocycles. The average molecular weight is 381 g/mol. The summed E-state index contributed by atoms with van der Waals surface area (Å²) in [5.74, 6) is 0.798. The lowest BCUT2D eigenvalue weighted by atomic mass is 10.2. The van der Waals surface area contributed by atoms with Crippen molar-refractivity contribution in [1.29, 1.82) is 0 Å². The molecule has 130 valence electrons. The topological polar surface area (TPSA) is 74.3 Å². The molecule has 0 spiro atoms. The fourth-order valence-corrected chi connectivity index (χ4v) is 5.53. The van der Waals surface area contributed by atoms with Crippen molar-refractivity contribution >= 4 is 45.5 Å². The van der Waals surface area contributed by atoms with Crippen LogP contribution < -0.4 is 15.3 Å². The normalized spacial score (nSPS) is 15.5. The summed E-state index contributed by atoms with van der Waals surface area (Å²) >= 11 is 1.60. The van der Waals surface area contributed by atoms with Crippen molar-refractivity contribution in [1.82, 2.24) is 4.98 Å². The molecule has 7 heteroatoms. The predicted molar refractivity (Wildman–Crippen MR) is 108 cm³/mol. The van der Waals surface area contributed by atoms with Gasteiger partial charge in [-0.15, -0.1) is 11.3 Å². The zero-order valence-electron chi connectivity index (χ0n) is 13.6. The van der Waals surface area contributed by atoms with Crippen LogP contribution in [0.15, 0.2) is 69.3 Å². The summed E-state index contributed by atoms with van der Waals surface area (Å²) in [6, 6.07) is 15.0. The first-order valence-electron chi connectivity index (χ1n) is 7.95. The van der Waals surface area contributed by atoms with Gasteiger partial charge in [-0.05, 0) is 23.1 Å². The monoisotopic (exact) mass is 381 g/mol. The number of nitrogens with zero attached hydrogens (tertiary/aromatic N) is 1. The Morgan fingerprint density at radius 3 is 2.85 bits per heavy atom. The van der Waals surface area contributed by atoms with Gasteiger partial charge in [-0.2, -0.15) is 0 Å². The van der Waals surface area contributed by atoms with Crippen molar-refractivity contribution < 1.29 is 4.79 Å². The smallest absolute Gasteiger partial charge is 0.276 e. The van der Waals surface area contributed by atoms with E-state index in [1.54, 1.807) is 11.3 Å². The van der Waals surface area contributed by atoms with Crippen molar-refractivity contribution in [3.63, 3.8) is 0 Å². The van der Waals surface area contributed by atoms with E-state index in [9.17, 15) is 9.59 Å². The number of aromatic amines is 1. The summed E-state index contributed by atoms with van der Waals surface area (Å²) in [7, 11) is -0.418. The van der Waals surface area contributed by atoms with E-state index in [0.717, 1.165) is 10.3 Å². The molecule has 26 heavy (non-hydrogen) atoms. The van der Waals surface area contributed by atoms with Gasteiger partial charge in [0.15, 0.2) is 5.43 Å². The second-order valence-electron chi connectivity index (χ2n) is 5.66. The molecule has 1 aromatic carbocycles. The SMILES string of the molecule is O=C(Nc1cc(=O)cc[nH]1)C1=NS(Cc2ccccc2)=c2ccsc2=C1. The minimum Gasteiger partial charge on any atom is -0.348 e. The Morgan fingerprint density at radius 2 is 2.04 bits per heavy atom. The molecule has 1 atom stereocenters. The number of nitrogens with one attached hydrogen (secondary N) is 2. The molecule has 0 aliphatic carbocycles. The van der Waals surface area contributed by atoms with Crippen molar-refractivity contribution in [3.8, 4) is 0 Å². The van der Waals surface area contributed by atoms with Crippen LogP contribution in [0.2, 0.25) is 0 Å². The first-order chi connectivity index (χ1) is 12.7. The van der Waals surface area contributed by atoms with Crippen LogP contribution in [-0.2, 0) is 10.5 Å². The molecule has 4 rings (SSSR count). The van der Waals surface area contributed by atoms with Crippen molar-refractivity contribution in [2.24, 2.45) is 4.40 Å². The van der Waals surface area contributed by atoms with Gasteiger partial charge in [-0.25, -0.2) is 4.40 Å². The molecule has 2 aromatic heterocycles. The molecule has 0 saturated carbocycles. The highest BCUT2D eigenvalue weighted by Gasteiger charge is 2.15. The number of carbonyl (C=O) groups excluding carboxylic acids is 1. The van der Waals surface area contributed by atoms with Crippen molar-refractivity contribution in [3.05, 3.63) is 84.9 Å². The lowest BCUT2D eigenvalue weighted by molar-refractivity contribution is -0.110. The third kappa shape index (κ3) is 3.58. The molecular formula is C19H15N3O2S2. The number of fused-ring (bicyclic) bond motifs is 1. The fraction of sp³-hybridized carbons (Fsp3) is 0.0526. The Kier molecular flexibility index (Phi) is 4.64. The van der Waals surface area contributed by atoms with Crippen LogP contribution in [0.5, 0.6) is 0 Å². The molecule has 5 nitrogen and oxygen atoms in total. The van der Waals surface area contributed by atoms with Gasteiger partial charge in [0.05, 0.1) is 0 Å². The summed E-state index contributed by atoms with van der Waals surface area (Å²) in [5, 5.41) is 4.74. The van der Waals surface area contributed by atoms with Crippen LogP contribution in [0.3, 0.4) is 0 Å². The number of pyridine rings is 1. The maximum atomic E-state index is 12.6. The number of rotatable bonds is 4. The van der Waals surface area contributed by atoms with Gasteiger partial charge in [0, 0.05) is 33.1 Å². The number of amides is 1. The summed E-state index contributed by atoms with van der Waals surface area (Å²) in [6.45, 7) is 0. The number of hydrogen-bond donors (Lipinski definition) is 2.